The molecule has 1 unspecified atom stereocenters. The molecule has 0 radical (unpaired) electrons. The van der Waals surface area contributed by atoms with Crippen molar-refractivity contribution in [3.05, 3.63) is 62.3 Å². The van der Waals surface area contributed by atoms with Gasteiger partial charge in [0.15, 0.2) is 0 Å². The van der Waals surface area contributed by atoms with Crippen molar-refractivity contribution < 1.29 is 37.1 Å². The number of hydrogen-bond donors (Lipinski definition) is 2. The number of aromatic nitrogens is 2. The van der Waals surface area contributed by atoms with Gasteiger partial charge in [-0.2, -0.15) is 18.3 Å². The lowest BCUT2D eigenvalue weighted by molar-refractivity contribution is -0.192. The molecule has 2 fully saturated rings. The molecule has 2 aromatic rings. The van der Waals surface area contributed by atoms with Crippen LogP contribution in [0.25, 0.3) is 0 Å². The Bertz CT molecular complexity index is 1400. The van der Waals surface area contributed by atoms with Gasteiger partial charge in [-0.25, -0.2) is 14.3 Å². The van der Waals surface area contributed by atoms with E-state index in [2.05, 4.69) is 24.0 Å². The van der Waals surface area contributed by atoms with E-state index >= 15 is 0 Å². The highest BCUT2D eigenvalue weighted by Crippen LogP contribution is 2.38. The van der Waals surface area contributed by atoms with E-state index in [9.17, 15) is 31.9 Å². The van der Waals surface area contributed by atoms with Gasteiger partial charge in [-0.1, -0.05) is 19.9 Å². The molecule has 4 rings (SSSR count). The molecule has 2 aliphatic rings. The summed E-state index contributed by atoms with van der Waals surface area (Å²) in [6, 6.07) is 4.52. The summed E-state index contributed by atoms with van der Waals surface area (Å²) >= 11 is 0. The molecule has 230 valence electrons. The maximum Gasteiger partial charge on any atom is 0.490 e. The first-order valence-corrected chi connectivity index (χ1v) is 13.6. The number of rotatable bonds is 4. The Hall–Kier alpha value is -3.77. The highest BCUT2D eigenvalue weighted by molar-refractivity contribution is 5.97. The van der Waals surface area contributed by atoms with Crippen molar-refractivity contribution in [2.24, 2.45) is 5.41 Å². The fourth-order valence-electron chi connectivity index (χ4n) is 5.40. The SMILES string of the molecule is Cc1c(Cc2ccc(F)c(C(=O)N3CC(=O)N(C4CCC(C)(C)CC4)C(C)C3)c2)n[nH]c(=O)c1C.O=C(O)C(F)(F)F. The Morgan fingerprint density at radius 3 is 2.26 bits per heavy atom. The molecule has 13 heteroatoms. The summed E-state index contributed by atoms with van der Waals surface area (Å²) in [5.74, 6) is -3.91. The van der Waals surface area contributed by atoms with Gasteiger partial charge in [0.05, 0.1) is 11.3 Å². The number of carboxylic acid groups (broad SMARTS) is 1. The van der Waals surface area contributed by atoms with Gasteiger partial charge in [0.2, 0.25) is 5.91 Å². The molecule has 42 heavy (non-hydrogen) atoms. The van der Waals surface area contributed by atoms with Gasteiger partial charge in [-0.15, -0.1) is 0 Å². The Kier molecular flexibility index (Phi) is 9.84. The van der Waals surface area contributed by atoms with Crippen molar-refractivity contribution >= 4 is 17.8 Å². The number of halogens is 4. The third-order valence-electron chi connectivity index (χ3n) is 8.07. The van der Waals surface area contributed by atoms with E-state index in [-0.39, 0.29) is 35.7 Å². The quantitative estimate of drug-likeness (QED) is 0.505. The molecule has 0 bridgehead atoms. The van der Waals surface area contributed by atoms with Crippen molar-refractivity contribution in [3.63, 3.8) is 0 Å². The summed E-state index contributed by atoms with van der Waals surface area (Å²) in [4.78, 5) is 50.5. The summed E-state index contributed by atoms with van der Waals surface area (Å²) in [5, 5.41) is 13.7. The number of carboxylic acids is 1. The fourth-order valence-corrected chi connectivity index (χ4v) is 5.40. The maximum atomic E-state index is 14.7. The van der Waals surface area contributed by atoms with E-state index < -0.39 is 23.9 Å². The van der Waals surface area contributed by atoms with Crippen LogP contribution in [0.2, 0.25) is 0 Å². The number of benzene rings is 1. The van der Waals surface area contributed by atoms with Crippen LogP contribution in [0.4, 0.5) is 17.6 Å². The Labute approximate surface area is 240 Å². The molecule has 1 aliphatic carbocycles. The number of carbonyl (C=O) groups excluding carboxylic acids is 2. The second-order valence-corrected chi connectivity index (χ2v) is 11.8. The number of H-pyrrole nitrogens is 1. The van der Waals surface area contributed by atoms with Crippen LogP contribution in [0.1, 0.15) is 79.2 Å². The van der Waals surface area contributed by atoms with Crippen LogP contribution in [0.3, 0.4) is 0 Å². The van der Waals surface area contributed by atoms with Gasteiger partial charge < -0.3 is 14.9 Å². The Morgan fingerprint density at radius 2 is 1.71 bits per heavy atom. The molecule has 1 saturated heterocycles. The number of piperazine rings is 1. The molecule has 2 N–H and O–H groups in total. The summed E-state index contributed by atoms with van der Waals surface area (Å²) in [7, 11) is 0. The number of aliphatic carboxylic acids is 1. The van der Waals surface area contributed by atoms with E-state index in [1.165, 1.54) is 17.0 Å². The van der Waals surface area contributed by atoms with Crippen LogP contribution in [-0.4, -0.2) is 74.2 Å². The second kappa shape index (κ2) is 12.6. The number of alkyl halides is 3. The van der Waals surface area contributed by atoms with Crippen molar-refractivity contribution in [1.29, 1.82) is 0 Å². The third kappa shape index (κ3) is 7.74. The van der Waals surface area contributed by atoms with Gasteiger partial charge in [-0.05, 0) is 75.1 Å². The summed E-state index contributed by atoms with van der Waals surface area (Å²) < 4.78 is 46.5. The normalized spacial score (nSPS) is 19.3. The Balaban J connectivity index is 0.000000616. The standard InChI is InChI=1S/C27H35FN4O3.C2HF3O2/c1-16-14-31(15-24(33)32(16)20-8-10-27(4,5)11-9-20)26(35)21-12-19(6-7-22(21)28)13-23-17(2)18(3)25(34)30-29-23;3-2(4,5)1(6)7/h6-7,12,16,20H,8-11,13-15H2,1-5H3,(H,30,34);(H,6,7). The Morgan fingerprint density at radius 1 is 1.12 bits per heavy atom. The molecule has 9 nitrogen and oxygen atoms in total. The first kappa shape index (κ1) is 32.7. The van der Waals surface area contributed by atoms with Crippen LogP contribution < -0.4 is 5.56 Å². The zero-order valence-corrected chi connectivity index (χ0v) is 24.3. The van der Waals surface area contributed by atoms with Gasteiger partial charge in [0, 0.05) is 30.6 Å². The van der Waals surface area contributed by atoms with Gasteiger partial charge >= 0.3 is 12.1 Å². The van der Waals surface area contributed by atoms with Gasteiger partial charge in [0.25, 0.3) is 11.5 Å². The number of nitrogens with one attached hydrogen (secondary N) is 1. The van der Waals surface area contributed by atoms with Crippen LogP contribution in [0.5, 0.6) is 0 Å². The van der Waals surface area contributed by atoms with Crippen LogP contribution in [0, 0.1) is 25.1 Å². The van der Waals surface area contributed by atoms with E-state index in [1.54, 1.807) is 13.0 Å². The lowest BCUT2D eigenvalue weighted by Gasteiger charge is -2.47. The summed E-state index contributed by atoms with van der Waals surface area (Å²) in [6.07, 6.45) is -0.613. The number of hydrogen-bond acceptors (Lipinski definition) is 5. The van der Waals surface area contributed by atoms with Crippen molar-refractivity contribution in [2.45, 2.75) is 85.0 Å². The molecule has 2 heterocycles. The number of nitrogens with zero attached hydrogens (tertiary/aromatic N) is 3. The van der Waals surface area contributed by atoms with Crippen LogP contribution >= 0.6 is 0 Å². The minimum atomic E-state index is -5.08. The zero-order valence-electron chi connectivity index (χ0n) is 24.3. The minimum absolute atomic E-state index is 0.0352. The first-order valence-electron chi connectivity index (χ1n) is 13.6. The molecule has 1 saturated carbocycles. The van der Waals surface area contributed by atoms with Crippen molar-refractivity contribution in [2.75, 3.05) is 13.1 Å². The molecule has 1 aromatic heterocycles. The predicted octanol–water partition coefficient (Wildman–Crippen LogP) is 4.39. The monoisotopic (exact) mass is 596 g/mol. The lowest BCUT2D eigenvalue weighted by Crippen LogP contribution is -2.60. The molecule has 1 aromatic carbocycles. The maximum absolute atomic E-state index is 14.7. The van der Waals surface area contributed by atoms with E-state index in [4.69, 9.17) is 9.90 Å². The molecular weight excluding hydrogens is 560 g/mol. The highest BCUT2D eigenvalue weighted by Gasteiger charge is 2.40. The molecule has 0 spiro atoms. The largest absolute Gasteiger partial charge is 0.490 e. The topological polar surface area (TPSA) is 124 Å². The summed E-state index contributed by atoms with van der Waals surface area (Å²) in [5.41, 5.74) is 2.75. The number of amides is 2. The van der Waals surface area contributed by atoms with E-state index in [1.807, 2.05) is 18.7 Å². The van der Waals surface area contributed by atoms with Gasteiger partial charge in [-0.3, -0.25) is 14.4 Å². The van der Waals surface area contributed by atoms with E-state index in [0.29, 0.717) is 35.2 Å². The third-order valence-corrected chi connectivity index (χ3v) is 8.07. The molecule has 1 aliphatic heterocycles. The van der Waals surface area contributed by atoms with Crippen LogP contribution in [0.15, 0.2) is 23.0 Å². The predicted molar refractivity (Wildman–Crippen MR) is 145 cm³/mol. The van der Waals surface area contributed by atoms with Crippen molar-refractivity contribution in [3.8, 4) is 0 Å². The average Bonchev–Trinajstić information content (AvgIpc) is 2.90. The highest BCUT2D eigenvalue weighted by atomic mass is 19.4. The second-order valence-electron chi connectivity index (χ2n) is 11.8. The molecular formula is C29H36F4N4O5. The van der Waals surface area contributed by atoms with Crippen LogP contribution in [-0.2, 0) is 16.0 Å². The van der Waals surface area contributed by atoms with Gasteiger partial charge in [0.1, 0.15) is 12.4 Å². The number of carbonyl (C=O) groups is 3. The minimum Gasteiger partial charge on any atom is -0.475 e. The molecule has 2 amide bonds. The first-order chi connectivity index (χ1) is 19.4. The smallest absolute Gasteiger partial charge is 0.475 e. The fraction of sp³-hybridized carbons (Fsp3) is 0.552. The average molecular weight is 597 g/mol. The lowest BCUT2D eigenvalue weighted by atomic mass is 9.75. The van der Waals surface area contributed by atoms with E-state index in [0.717, 1.165) is 31.2 Å². The number of aromatic amines is 1. The molecule has 1 atom stereocenters. The van der Waals surface area contributed by atoms with Crippen molar-refractivity contribution in [1.82, 2.24) is 20.0 Å². The summed E-state index contributed by atoms with van der Waals surface area (Å²) in [6.45, 7) is 10.4. The zero-order chi connectivity index (χ0) is 31.6.